The fourth-order valence-electron chi connectivity index (χ4n) is 4.37. The van der Waals surface area contributed by atoms with Gasteiger partial charge in [-0.05, 0) is 47.9 Å². The number of hydrogen-bond donors (Lipinski definition) is 2. The average molecular weight is 504 g/mol. The van der Waals surface area contributed by atoms with E-state index in [4.69, 9.17) is 33.2 Å². The second kappa shape index (κ2) is 10.3. The Morgan fingerprint density at radius 2 is 1.06 bits per heavy atom. The first-order chi connectivity index (χ1) is 15.8. The topological polar surface area (TPSA) is 65.2 Å². The summed E-state index contributed by atoms with van der Waals surface area (Å²) in [5.41, 5.74) is 2.36. The number of aromatic hydroxyl groups is 2. The maximum Gasteiger partial charge on any atom is 0.128 e. The summed E-state index contributed by atoms with van der Waals surface area (Å²) in [6.07, 6.45) is 7.45. The molecule has 1 saturated carbocycles. The molecule has 2 N–H and O–H groups in total. The predicted octanol–water partition coefficient (Wildman–Crippen LogP) is 7.85. The van der Waals surface area contributed by atoms with Crippen LogP contribution in [0.25, 0.3) is 0 Å². The van der Waals surface area contributed by atoms with Crippen LogP contribution in [0, 0.1) is 0 Å². The van der Waals surface area contributed by atoms with Gasteiger partial charge < -0.3 is 10.2 Å². The first kappa shape index (κ1) is 26.6. The summed E-state index contributed by atoms with van der Waals surface area (Å²) >= 11 is 12.7. The van der Waals surface area contributed by atoms with Crippen LogP contribution in [0.3, 0.4) is 0 Å². The minimum absolute atomic E-state index is 0.00937. The molecular formula is C28H36Cl2N2O2. The second-order valence-corrected chi connectivity index (χ2v) is 12.1. The van der Waals surface area contributed by atoms with Crippen LogP contribution in [-0.2, 0) is 10.8 Å². The number of benzene rings is 2. The molecule has 0 amide bonds. The maximum atomic E-state index is 10.8. The van der Waals surface area contributed by atoms with Crippen LogP contribution in [0.2, 0.25) is 10.0 Å². The van der Waals surface area contributed by atoms with Crippen molar-refractivity contribution in [2.24, 2.45) is 9.98 Å². The Morgan fingerprint density at radius 1 is 0.706 bits per heavy atom. The molecule has 0 aliphatic heterocycles. The number of nitrogens with zero attached hydrogens (tertiary/aromatic N) is 2. The highest BCUT2D eigenvalue weighted by atomic mass is 35.5. The number of phenolic OH excluding ortho intramolecular Hbond substituents is 2. The molecule has 0 spiro atoms. The van der Waals surface area contributed by atoms with Crippen LogP contribution in [0.15, 0.2) is 34.3 Å². The van der Waals surface area contributed by atoms with Crippen molar-refractivity contribution >= 4 is 35.6 Å². The molecule has 1 aliphatic rings. The molecule has 2 aromatic carbocycles. The van der Waals surface area contributed by atoms with E-state index in [2.05, 4.69) is 0 Å². The minimum atomic E-state index is -0.236. The summed E-state index contributed by atoms with van der Waals surface area (Å²) < 4.78 is 0. The van der Waals surface area contributed by atoms with Crippen molar-refractivity contribution in [2.75, 3.05) is 0 Å². The molecule has 0 bridgehead atoms. The highest BCUT2D eigenvalue weighted by Crippen LogP contribution is 2.37. The van der Waals surface area contributed by atoms with Gasteiger partial charge in [-0.2, -0.15) is 0 Å². The molecule has 0 aromatic heterocycles. The van der Waals surface area contributed by atoms with E-state index in [1.165, 1.54) is 0 Å². The van der Waals surface area contributed by atoms with Crippen LogP contribution in [0.4, 0.5) is 0 Å². The zero-order valence-corrected chi connectivity index (χ0v) is 22.5. The molecule has 0 radical (unpaired) electrons. The fourth-order valence-corrected chi connectivity index (χ4v) is 4.83. The highest BCUT2D eigenvalue weighted by molar-refractivity contribution is 6.31. The van der Waals surface area contributed by atoms with E-state index in [-0.39, 0.29) is 34.4 Å². The molecule has 0 unspecified atom stereocenters. The fraction of sp³-hybridized carbons (Fsp3) is 0.500. The number of rotatable bonds is 4. The lowest BCUT2D eigenvalue weighted by atomic mass is 9.85. The Kier molecular flexibility index (Phi) is 8.04. The Hall–Kier alpha value is -2.04. The Labute approximate surface area is 213 Å². The molecule has 34 heavy (non-hydrogen) atoms. The van der Waals surface area contributed by atoms with Crippen LogP contribution in [-0.4, -0.2) is 34.7 Å². The van der Waals surface area contributed by atoms with Crippen molar-refractivity contribution < 1.29 is 10.2 Å². The number of aliphatic imine (C=N–C) groups is 2. The third kappa shape index (κ3) is 6.34. The van der Waals surface area contributed by atoms with Gasteiger partial charge in [0.25, 0.3) is 0 Å². The summed E-state index contributed by atoms with van der Waals surface area (Å²) in [5.74, 6) is 0.435. The summed E-state index contributed by atoms with van der Waals surface area (Å²) in [5, 5.41) is 22.8. The Morgan fingerprint density at radius 3 is 1.38 bits per heavy atom. The molecule has 2 aromatic rings. The number of phenols is 2. The van der Waals surface area contributed by atoms with Gasteiger partial charge in [-0.15, -0.1) is 0 Å². The summed E-state index contributed by atoms with van der Waals surface area (Å²) in [7, 11) is 0. The van der Waals surface area contributed by atoms with Gasteiger partial charge in [0, 0.05) is 44.7 Å². The Bertz CT molecular complexity index is 1010. The van der Waals surface area contributed by atoms with Crippen LogP contribution in [0.1, 0.15) is 89.5 Å². The first-order valence-electron chi connectivity index (χ1n) is 11.9. The number of hydrogen-bond acceptors (Lipinski definition) is 4. The molecular weight excluding hydrogens is 467 g/mol. The highest BCUT2D eigenvalue weighted by Gasteiger charge is 2.25. The molecule has 6 heteroatoms. The zero-order chi connectivity index (χ0) is 25.3. The molecule has 1 aliphatic carbocycles. The zero-order valence-electron chi connectivity index (χ0n) is 21.0. The van der Waals surface area contributed by atoms with Gasteiger partial charge in [0.2, 0.25) is 0 Å². The lowest BCUT2D eigenvalue weighted by Gasteiger charge is -2.26. The van der Waals surface area contributed by atoms with Crippen molar-refractivity contribution in [1.82, 2.24) is 0 Å². The smallest absolute Gasteiger partial charge is 0.128 e. The molecule has 2 atom stereocenters. The van der Waals surface area contributed by atoms with Crippen molar-refractivity contribution in [2.45, 2.75) is 90.1 Å². The van der Waals surface area contributed by atoms with E-state index < -0.39 is 0 Å². The quantitative estimate of drug-likeness (QED) is 0.417. The third-order valence-electron chi connectivity index (χ3n) is 6.33. The van der Waals surface area contributed by atoms with Gasteiger partial charge in [0.1, 0.15) is 11.5 Å². The monoisotopic (exact) mass is 502 g/mol. The molecule has 184 valence electrons. The lowest BCUT2D eigenvalue weighted by Crippen LogP contribution is -2.27. The molecule has 1 fully saturated rings. The van der Waals surface area contributed by atoms with Gasteiger partial charge >= 0.3 is 0 Å². The van der Waals surface area contributed by atoms with E-state index in [0.717, 1.165) is 36.8 Å². The van der Waals surface area contributed by atoms with Crippen LogP contribution >= 0.6 is 23.2 Å². The van der Waals surface area contributed by atoms with Crippen molar-refractivity contribution in [1.29, 1.82) is 0 Å². The van der Waals surface area contributed by atoms with Crippen molar-refractivity contribution in [3.05, 3.63) is 56.6 Å². The molecule has 3 rings (SSSR count). The van der Waals surface area contributed by atoms with Crippen LogP contribution in [0.5, 0.6) is 11.5 Å². The minimum Gasteiger partial charge on any atom is -0.507 e. The van der Waals surface area contributed by atoms with E-state index in [9.17, 15) is 10.2 Å². The second-order valence-electron chi connectivity index (χ2n) is 11.3. The summed E-state index contributed by atoms with van der Waals surface area (Å²) in [6.45, 7) is 12.3. The van der Waals surface area contributed by atoms with Crippen LogP contribution < -0.4 is 0 Å². The van der Waals surface area contributed by atoms with E-state index in [1.807, 2.05) is 53.7 Å². The summed E-state index contributed by atoms with van der Waals surface area (Å²) in [4.78, 5) is 9.65. The van der Waals surface area contributed by atoms with Gasteiger partial charge in [-0.3, -0.25) is 9.98 Å². The molecule has 0 saturated heterocycles. The van der Waals surface area contributed by atoms with Crippen molar-refractivity contribution in [3.63, 3.8) is 0 Å². The largest absolute Gasteiger partial charge is 0.507 e. The first-order valence-corrected chi connectivity index (χ1v) is 12.7. The van der Waals surface area contributed by atoms with Gasteiger partial charge in [0.15, 0.2) is 0 Å². The van der Waals surface area contributed by atoms with E-state index in [0.29, 0.717) is 21.2 Å². The van der Waals surface area contributed by atoms with E-state index in [1.54, 1.807) is 24.6 Å². The van der Waals surface area contributed by atoms with E-state index >= 15 is 0 Å². The summed E-state index contributed by atoms with van der Waals surface area (Å²) in [6, 6.07) is 7.09. The van der Waals surface area contributed by atoms with Gasteiger partial charge in [-0.25, -0.2) is 0 Å². The SMILES string of the molecule is CC(C)(C)c1cc(Cl)cc(/C=N/[C@H]2CCCC[C@@H]2/N=C/c2cc(Cl)cc(C(C)(C)C)c2O)c1O. The maximum absolute atomic E-state index is 10.8. The van der Waals surface area contributed by atoms with Gasteiger partial charge in [-0.1, -0.05) is 77.6 Å². The normalized spacial score (nSPS) is 19.9. The predicted molar refractivity (Wildman–Crippen MR) is 145 cm³/mol. The standard InChI is InChI=1S/C28H36Cl2N2O2/c1-27(2,3)21-13-19(29)11-17(25(21)33)15-31-23-9-7-8-10-24(23)32-16-18-12-20(30)14-22(26(18)34)28(4,5)6/h11-16,23-24,33-34H,7-10H2,1-6H3/b31-15+,32-16+/t23-,24-/m0/s1. The Balaban J connectivity index is 1.88. The number of halogens is 2. The molecule has 4 nitrogen and oxygen atoms in total. The lowest BCUT2D eigenvalue weighted by molar-refractivity contribution is 0.390. The third-order valence-corrected chi connectivity index (χ3v) is 6.76. The molecule has 0 heterocycles. The average Bonchev–Trinajstić information content (AvgIpc) is 2.73. The van der Waals surface area contributed by atoms with Gasteiger partial charge in [0.05, 0.1) is 12.1 Å². The van der Waals surface area contributed by atoms with Crippen molar-refractivity contribution in [3.8, 4) is 11.5 Å².